The van der Waals surface area contributed by atoms with E-state index in [0.29, 0.717) is 49.1 Å². The van der Waals surface area contributed by atoms with Gasteiger partial charge in [0.2, 0.25) is 0 Å². The highest BCUT2D eigenvalue weighted by molar-refractivity contribution is 6.36. The van der Waals surface area contributed by atoms with Gasteiger partial charge in [-0.25, -0.2) is 4.79 Å². The standard InChI is InChI=1S/C15H18Cl2N2O4/c1-3-23-15(21)19-6-4-18(5-7-19)14(20)10-8-12(17)13(22-2)9-11(10)16/h8-9H,3-7H2,1-2H3. The highest BCUT2D eigenvalue weighted by Gasteiger charge is 2.27. The van der Waals surface area contributed by atoms with Crippen LogP contribution in [-0.2, 0) is 4.74 Å². The maximum Gasteiger partial charge on any atom is 0.409 e. The lowest BCUT2D eigenvalue weighted by Gasteiger charge is -2.34. The Morgan fingerprint density at radius 2 is 1.70 bits per heavy atom. The third kappa shape index (κ3) is 4.00. The van der Waals surface area contributed by atoms with Crippen molar-refractivity contribution in [2.24, 2.45) is 0 Å². The molecular formula is C15H18Cl2N2O4. The van der Waals surface area contributed by atoms with Crippen LogP contribution in [0.2, 0.25) is 10.0 Å². The second-order valence-corrected chi connectivity index (χ2v) is 5.76. The van der Waals surface area contributed by atoms with E-state index in [1.165, 1.54) is 19.2 Å². The minimum absolute atomic E-state index is 0.219. The average Bonchev–Trinajstić information content (AvgIpc) is 2.56. The SMILES string of the molecule is CCOC(=O)N1CCN(C(=O)c2cc(Cl)c(OC)cc2Cl)CC1. The molecule has 23 heavy (non-hydrogen) atoms. The molecule has 0 N–H and O–H groups in total. The molecule has 0 saturated carbocycles. The van der Waals surface area contributed by atoms with Gasteiger partial charge in [0.25, 0.3) is 5.91 Å². The Hall–Kier alpha value is -1.66. The molecule has 1 heterocycles. The molecule has 2 rings (SSSR count). The largest absolute Gasteiger partial charge is 0.495 e. The van der Waals surface area contributed by atoms with Crippen LogP contribution >= 0.6 is 23.2 Å². The van der Waals surface area contributed by atoms with Crippen LogP contribution in [0, 0.1) is 0 Å². The summed E-state index contributed by atoms with van der Waals surface area (Å²) in [5, 5.41) is 0.606. The van der Waals surface area contributed by atoms with Crippen molar-refractivity contribution in [3.8, 4) is 5.75 Å². The lowest BCUT2D eigenvalue weighted by molar-refractivity contribution is 0.0570. The molecule has 1 aliphatic rings. The molecule has 0 aliphatic carbocycles. The topological polar surface area (TPSA) is 59.1 Å². The summed E-state index contributed by atoms with van der Waals surface area (Å²) in [5.74, 6) is 0.198. The first-order valence-corrected chi connectivity index (χ1v) is 7.97. The molecule has 0 atom stereocenters. The molecule has 1 aromatic rings. The maximum absolute atomic E-state index is 12.6. The Kier molecular flexibility index (Phi) is 5.96. The highest BCUT2D eigenvalue weighted by Crippen LogP contribution is 2.31. The fraction of sp³-hybridized carbons (Fsp3) is 0.467. The first kappa shape index (κ1) is 17.7. The minimum atomic E-state index is -0.356. The zero-order valence-corrected chi connectivity index (χ0v) is 14.5. The molecule has 6 nitrogen and oxygen atoms in total. The second-order valence-electron chi connectivity index (χ2n) is 4.94. The van der Waals surface area contributed by atoms with E-state index in [1.54, 1.807) is 16.7 Å². The predicted molar refractivity (Wildman–Crippen MR) is 87.5 cm³/mol. The molecule has 0 spiro atoms. The van der Waals surface area contributed by atoms with Gasteiger partial charge in [0.1, 0.15) is 5.75 Å². The summed E-state index contributed by atoms with van der Waals surface area (Å²) in [4.78, 5) is 27.5. The highest BCUT2D eigenvalue weighted by atomic mass is 35.5. The van der Waals surface area contributed by atoms with E-state index < -0.39 is 0 Å². The summed E-state index contributed by atoms with van der Waals surface area (Å²) in [5.41, 5.74) is 0.321. The molecule has 0 bridgehead atoms. The molecule has 1 saturated heterocycles. The lowest BCUT2D eigenvalue weighted by atomic mass is 10.1. The van der Waals surface area contributed by atoms with E-state index >= 15 is 0 Å². The summed E-state index contributed by atoms with van der Waals surface area (Å²) in [6.07, 6.45) is -0.356. The Morgan fingerprint density at radius 3 is 2.26 bits per heavy atom. The van der Waals surface area contributed by atoms with Crippen LogP contribution in [0.25, 0.3) is 0 Å². The van der Waals surface area contributed by atoms with E-state index in [1.807, 2.05) is 0 Å². The van der Waals surface area contributed by atoms with Crippen LogP contribution in [0.4, 0.5) is 4.79 Å². The van der Waals surface area contributed by atoms with Crippen LogP contribution in [0.3, 0.4) is 0 Å². The van der Waals surface area contributed by atoms with Gasteiger partial charge in [-0.2, -0.15) is 0 Å². The molecule has 1 aromatic carbocycles. The monoisotopic (exact) mass is 360 g/mol. The van der Waals surface area contributed by atoms with Crippen molar-refractivity contribution in [3.63, 3.8) is 0 Å². The maximum atomic E-state index is 12.6. The quantitative estimate of drug-likeness (QED) is 0.831. The normalized spacial score (nSPS) is 14.6. The predicted octanol–water partition coefficient (Wildman–Crippen LogP) is 2.92. The molecule has 8 heteroatoms. The zero-order chi connectivity index (χ0) is 17.0. The van der Waals surface area contributed by atoms with Gasteiger partial charge in [0.15, 0.2) is 0 Å². The number of rotatable bonds is 3. The Morgan fingerprint density at radius 1 is 1.09 bits per heavy atom. The van der Waals surface area contributed by atoms with E-state index in [-0.39, 0.29) is 17.0 Å². The van der Waals surface area contributed by atoms with Crippen LogP contribution in [-0.4, -0.2) is 61.7 Å². The first-order valence-electron chi connectivity index (χ1n) is 7.22. The first-order chi connectivity index (χ1) is 11.0. The van der Waals surface area contributed by atoms with Crippen molar-refractivity contribution in [1.82, 2.24) is 9.80 Å². The molecule has 1 fully saturated rings. The number of carbonyl (C=O) groups excluding carboxylic acids is 2. The third-order valence-electron chi connectivity index (χ3n) is 3.56. The molecular weight excluding hydrogens is 343 g/mol. The Balaban J connectivity index is 2.05. The third-order valence-corrected chi connectivity index (χ3v) is 4.17. The van der Waals surface area contributed by atoms with Crippen molar-refractivity contribution < 1.29 is 19.1 Å². The molecule has 0 radical (unpaired) electrons. The Labute approximate surface area is 144 Å². The number of carbonyl (C=O) groups is 2. The smallest absolute Gasteiger partial charge is 0.409 e. The van der Waals surface area contributed by atoms with Crippen LogP contribution in [0.1, 0.15) is 17.3 Å². The lowest BCUT2D eigenvalue weighted by Crippen LogP contribution is -2.50. The fourth-order valence-corrected chi connectivity index (χ4v) is 2.80. The molecule has 1 aliphatic heterocycles. The number of halogens is 2. The summed E-state index contributed by atoms with van der Waals surface area (Å²) in [6.45, 7) is 3.76. The summed E-state index contributed by atoms with van der Waals surface area (Å²) < 4.78 is 10.0. The number of hydrogen-bond donors (Lipinski definition) is 0. The van der Waals surface area contributed by atoms with Gasteiger partial charge in [0.05, 0.1) is 29.3 Å². The van der Waals surface area contributed by atoms with E-state index in [9.17, 15) is 9.59 Å². The summed E-state index contributed by atoms with van der Waals surface area (Å²) >= 11 is 12.2. The van der Waals surface area contributed by atoms with Gasteiger partial charge >= 0.3 is 6.09 Å². The number of ether oxygens (including phenoxy) is 2. The summed E-state index contributed by atoms with van der Waals surface area (Å²) in [7, 11) is 1.48. The minimum Gasteiger partial charge on any atom is -0.495 e. The van der Waals surface area contributed by atoms with Crippen molar-refractivity contribution in [2.45, 2.75) is 6.92 Å². The van der Waals surface area contributed by atoms with Gasteiger partial charge in [-0.1, -0.05) is 23.2 Å². The number of methoxy groups -OCH3 is 1. The van der Waals surface area contributed by atoms with Crippen molar-refractivity contribution >= 4 is 35.2 Å². The number of nitrogens with zero attached hydrogens (tertiary/aromatic N) is 2. The van der Waals surface area contributed by atoms with Gasteiger partial charge in [-0.3, -0.25) is 4.79 Å². The van der Waals surface area contributed by atoms with Crippen molar-refractivity contribution in [2.75, 3.05) is 39.9 Å². The van der Waals surface area contributed by atoms with Gasteiger partial charge in [0, 0.05) is 32.2 Å². The fourth-order valence-electron chi connectivity index (χ4n) is 2.33. The van der Waals surface area contributed by atoms with Crippen LogP contribution in [0.5, 0.6) is 5.75 Å². The molecule has 0 aromatic heterocycles. The zero-order valence-electron chi connectivity index (χ0n) is 13.0. The number of hydrogen-bond acceptors (Lipinski definition) is 4. The number of amides is 2. The van der Waals surface area contributed by atoms with E-state index in [0.717, 1.165) is 0 Å². The van der Waals surface area contributed by atoms with E-state index in [2.05, 4.69) is 0 Å². The van der Waals surface area contributed by atoms with Gasteiger partial charge < -0.3 is 19.3 Å². The van der Waals surface area contributed by atoms with Crippen LogP contribution < -0.4 is 4.74 Å². The van der Waals surface area contributed by atoms with Gasteiger partial charge in [-0.15, -0.1) is 0 Å². The van der Waals surface area contributed by atoms with E-state index in [4.69, 9.17) is 32.7 Å². The molecule has 126 valence electrons. The van der Waals surface area contributed by atoms with Crippen molar-refractivity contribution in [1.29, 1.82) is 0 Å². The summed E-state index contributed by atoms with van der Waals surface area (Å²) in [6, 6.07) is 3.02. The average molecular weight is 361 g/mol. The van der Waals surface area contributed by atoms with Crippen molar-refractivity contribution in [3.05, 3.63) is 27.7 Å². The second kappa shape index (κ2) is 7.75. The Bertz CT molecular complexity index is 601. The number of piperazine rings is 1. The number of benzene rings is 1. The van der Waals surface area contributed by atoms with Crippen LogP contribution in [0.15, 0.2) is 12.1 Å². The molecule has 0 unspecified atom stereocenters. The van der Waals surface area contributed by atoms with Gasteiger partial charge in [-0.05, 0) is 13.0 Å². The molecule has 2 amide bonds.